The first-order valence-electron chi connectivity index (χ1n) is 5.99. The van der Waals surface area contributed by atoms with Gasteiger partial charge in [0, 0.05) is 5.75 Å². The summed E-state index contributed by atoms with van der Waals surface area (Å²) in [5.74, 6) is -3.25. The van der Waals surface area contributed by atoms with Gasteiger partial charge in [0.05, 0.1) is 5.75 Å². The van der Waals surface area contributed by atoms with Gasteiger partial charge < -0.3 is 10.4 Å². The fraction of sp³-hybridized carbons (Fsp3) is 0.545. The molecule has 1 saturated heterocycles. The molecule has 2 N–H and O–H groups in total. The molecule has 2 rings (SSSR count). The Morgan fingerprint density at radius 1 is 1.50 bits per heavy atom. The number of aliphatic carboxylic acids is 1. The fourth-order valence-corrected chi connectivity index (χ4v) is 3.81. The van der Waals surface area contributed by atoms with Crippen molar-refractivity contribution < 1.29 is 32.7 Å². The average molecular weight is 356 g/mol. The first kappa shape index (κ1) is 17.0. The number of thioether (sulfide) groups is 2. The van der Waals surface area contributed by atoms with Crippen molar-refractivity contribution in [3.8, 4) is 0 Å². The predicted molar refractivity (Wildman–Crippen MR) is 73.9 cm³/mol. The maximum absolute atomic E-state index is 12.0. The number of carbonyl (C=O) groups is 3. The minimum atomic E-state index is -4.52. The first-order chi connectivity index (χ1) is 10.1. The van der Waals surface area contributed by atoms with E-state index in [-0.39, 0.29) is 5.70 Å². The summed E-state index contributed by atoms with van der Waals surface area (Å²) < 4.78 is 36.0. The van der Waals surface area contributed by atoms with E-state index in [4.69, 9.17) is 5.11 Å². The molecule has 0 aromatic rings. The molecule has 122 valence electrons. The Morgan fingerprint density at radius 2 is 2.14 bits per heavy atom. The summed E-state index contributed by atoms with van der Waals surface area (Å²) in [6, 6.07) is -0.992. The number of carboxylic acid groups (broad SMARTS) is 1. The number of β-lactam (4-membered cyclic amide) rings is 1. The highest BCUT2D eigenvalue weighted by atomic mass is 32.2. The smallest absolute Gasteiger partial charge is 0.442 e. The SMILES string of the molecule is CC1=C(C(=O)O)N2C(=O)C(NC(=O)CSC(F)(F)F)[C@H]2SC1. The van der Waals surface area contributed by atoms with Crippen LogP contribution < -0.4 is 5.32 Å². The van der Waals surface area contributed by atoms with E-state index in [1.807, 2.05) is 0 Å². The Balaban J connectivity index is 1.99. The van der Waals surface area contributed by atoms with E-state index in [0.717, 1.165) is 4.90 Å². The van der Waals surface area contributed by atoms with Crippen molar-refractivity contribution in [3.63, 3.8) is 0 Å². The second kappa shape index (κ2) is 6.03. The van der Waals surface area contributed by atoms with Crippen molar-refractivity contribution in [1.82, 2.24) is 10.2 Å². The molecule has 22 heavy (non-hydrogen) atoms. The van der Waals surface area contributed by atoms with E-state index in [1.165, 1.54) is 11.8 Å². The van der Waals surface area contributed by atoms with Crippen LogP contribution in [0.5, 0.6) is 0 Å². The summed E-state index contributed by atoms with van der Waals surface area (Å²) in [6.45, 7) is 1.59. The van der Waals surface area contributed by atoms with Crippen LogP contribution >= 0.6 is 23.5 Å². The van der Waals surface area contributed by atoms with Crippen LogP contribution in [0.25, 0.3) is 0 Å². The number of fused-ring (bicyclic) bond motifs is 1. The Labute approximate surface area is 131 Å². The van der Waals surface area contributed by atoms with Gasteiger partial charge in [-0.1, -0.05) is 0 Å². The van der Waals surface area contributed by atoms with Gasteiger partial charge in [0.2, 0.25) is 5.91 Å². The first-order valence-corrected chi connectivity index (χ1v) is 8.03. The van der Waals surface area contributed by atoms with Crippen LogP contribution in [0.3, 0.4) is 0 Å². The zero-order chi connectivity index (χ0) is 16.7. The van der Waals surface area contributed by atoms with Gasteiger partial charge in [0.15, 0.2) is 0 Å². The van der Waals surface area contributed by atoms with Gasteiger partial charge in [-0.05, 0) is 24.3 Å². The maximum Gasteiger partial charge on any atom is 0.442 e. The quantitative estimate of drug-likeness (QED) is 0.731. The van der Waals surface area contributed by atoms with E-state index >= 15 is 0 Å². The third-order valence-corrected chi connectivity index (χ3v) is 5.20. The zero-order valence-electron chi connectivity index (χ0n) is 11.1. The Bertz CT molecular complexity index is 564. The number of halogens is 3. The molecular weight excluding hydrogens is 345 g/mol. The predicted octanol–water partition coefficient (Wildman–Crippen LogP) is 0.998. The molecule has 1 fully saturated rings. The topological polar surface area (TPSA) is 86.7 Å². The molecule has 0 bridgehead atoms. The molecule has 0 radical (unpaired) electrons. The molecule has 2 amide bonds. The summed E-state index contributed by atoms with van der Waals surface area (Å²) in [5.41, 5.74) is -4.12. The van der Waals surface area contributed by atoms with E-state index in [1.54, 1.807) is 6.92 Å². The van der Waals surface area contributed by atoms with Crippen molar-refractivity contribution in [2.45, 2.75) is 23.8 Å². The monoisotopic (exact) mass is 356 g/mol. The number of carboxylic acids is 1. The van der Waals surface area contributed by atoms with Crippen LogP contribution in [0.4, 0.5) is 13.2 Å². The van der Waals surface area contributed by atoms with Crippen molar-refractivity contribution in [3.05, 3.63) is 11.3 Å². The number of nitrogens with one attached hydrogen (secondary N) is 1. The van der Waals surface area contributed by atoms with Gasteiger partial charge in [0.1, 0.15) is 17.1 Å². The van der Waals surface area contributed by atoms with E-state index in [2.05, 4.69) is 5.32 Å². The second-order valence-corrected chi connectivity index (χ2v) is 6.77. The highest BCUT2D eigenvalue weighted by Gasteiger charge is 2.53. The van der Waals surface area contributed by atoms with Gasteiger partial charge in [-0.2, -0.15) is 13.2 Å². The number of alkyl halides is 3. The molecule has 0 saturated carbocycles. The lowest BCUT2D eigenvalue weighted by atomic mass is 10.0. The van der Waals surface area contributed by atoms with Gasteiger partial charge in [-0.3, -0.25) is 14.5 Å². The summed E-state index contributed by atoms with van der Waals surface area (Å²) in [5, 5.41) is 10.7. The van der Waals surface area contributed by atoms with Crippen LogP contribution in [0.15, 0.2) is 11.3 Å². The lowest BCUT2D eigenvalue weighted by Crippen LogP contribution is -2.70. The highest BCUT2D eigenvalue weighted by Crippen LogP contribution is 2.40. The third kappa shape index (κ3) is 3.35. The Morgan fingerprint density at radius 3 is 2.68 bits per heavy atom. The number of nitrogens with zero attached hydrogens (tertiary/aromatic N) is 1. The second-order valence-electron chi connectivity index (χ2n) is 4.62. The lowest BCUT2D eigenvalue weighted by Gasteiger charge is -2.49. The third-order valence-electron chi connectivity index (χ3n) is 3.04. The minimum Gasteiger partial charge on any atom is -0.477 e. The molecule has 11 heteroatoms. The average Bonchev–Trinajstić information content (AvgIpc) is 2.41. The van der Waals surface area contributed by atoms with Crippen molar-refractivity contribution in [2.24, 2.45) is 0 Å². The summed E-state index contributed by atoms with van der Waals surface area (Å²) >= 11 is 0.767. The van der Waals surface area contributed by atoms with E-state index in [0.29, 0.717) is 11.3 Å². The van der Waals surface area contributed by atoms with Crippen LogP contribution in [0.1, 0.15) is 6.92 Å². The van der Waals surface area contributed by atoms with Gasteiger partial charge in [-0.15, -0.1) is 11.8 Å². The van der Waals surface area contributed by atoms with Gasteiger partial charge >= 0.3 is 11.5 Å². The Kier molecular flexibility index (Phi) is 4.66. The van der Waals surface area contributed by atoms with Gasteiger partial charge in [0.25, 0.3) is 5.91 Å². The molecule has 2 atom stereocenters. The van der Waals surface area contributed by atoms with E-state index in [9.17, 15) is 27.6 Å². The number of carbonyl (C=O) groups excluding carboxylic acids is 2. The van der Waals surface area contributed by atoms with Crippen LogP contribution in [0.2, 0.25) is 0 Å². The molecule has 0 aliphatic carbocycles. The molecule has 1 unspecified atom stereocenters. The fourth-order valence-electron chi connectivity index (χ4n) is 2.14. The Hall–Kier alpha value is -1.36. The lowest BCUT2D eigenvalue weighted by molar-refractivity contribution is -0.150. The number of hydrogen-bond donors (Lipinski definition) is 2. The van der Waals surface area contributed by atoms with E-state index < -0.39 is 52.2 Å². The largest absolute Gasteiger partial charge is 0.477 e. The van der Waals surface area contributed by atoms with Crippen molar-refractivity contribution in [2.75, 3.05) is 11.5 Å². The van der Waals surface area contributed by atoms with Crippen LogP contribution in [-0.2, 0) is 14.4 Å². The summed E-state index contributed by atoms with van der Waals surface area (Å²) in [4.78, 5) is 35.6. The van der Waals surface area contributed by atoms with Crippen molar-refractivity contribution in [1.29, 1.82) is 0 Å². The zero-order valence-corrected chi connectivity index (χ0v) is 12.8. The molecule has 0 aromatic heterocycles. The normalized spacial score (nSPS) is 24.7. The molecule has 0 spiro atoms. The molecule has 2 aliphatic heterocycles. The minimum absolute atomic E-state index is 0.121. The number of hydrogen-bond acceptors (Lipinski definition) is 5. The summed E-state index contributed by atoms with van der Waals surface area (Å²) in [6.07, 6.45) is 0. The van der Waals surface area contributed by atoms with Gasteiger partial charge in [-0.25, -0.2) is 4.79 Å². The van der Waals surface area contributed by atoms with Crippen LogP contribution in [0, 0.1) is 0 Å². The summed E-state index contributed by atoms with van der Waals surface area (Å²) in [7, 11) is 0. The van der Waals surface area contributed by atoms with Crippen LogP contribution in [-0.4, -0.2) is 56.2 Å². The van der Waals surface area contributed by atoms with Crippen molar-refractivity contribution >= 4 is 41.3 Å². The number of amides is 2. The number of rotatable bonds is 4. The molecule has 0 aromatic carbocycles. The molecule has 2 aliphatic rings. The highest BCUT2D eigenvalue weighted by molar-refractivity contribution is 8.00. The molecule has 2 heterocycles. The standard InChI is InChI=1S/C11H11F3N2O4S2/c1-4-2-21-9-6(8(18)16(9)7(4)10(19)20)15-5(17)3-22-11(12,13)14/h6,9H,2-3H2,1H3,(H,15,17)(H,19,20)/t6?,9-/m1/s1. The molecular formula is C11H11F3N2O4S2. The maximum atomic E-state index is 12.0. The molecule has 6 nitrogen and oxygen atoms in total.